The fraction of sp³-hybridized carbons (Fsp3) is 0. The summed E-state index contributed by atoms with van der Waals surface area (Å²) in [4.78, 5) is 6.92. The zero-order chi connectivity index (χ0) is 12.0. The molecule has 0 spiro atoms. The van der Waals surface area contributed by atoms with Crippen LogP contribution in [0.1, 0.15) is 0 Å². The van der Waals surface area contributed by atoms with Gasteiger partial charge < -0.3 is 0 Å². The lowest BCUT2D eigenvalue weighted by molar-refractivity contribution is 0.580. The van der Waals surface area contributed by atoms with Gasteiger partial charge in [-0.25, -0.2) is 9.97 Å². The normalized spacial score (nSPS) is 9.25. The lowest BCUT2D eigenvalue weighted by Crippen LogP contribution is -1.82. The summed E-state index contributed by atoms with van der Waals surface area (Å²) in [6, 6.07) is 9.25. The number of hydrogen-bond donors (Lipinski definition) is 0. The van der Waals surface area contributed by atoms with Crippen LogP contribution in [-0.4, -0.2) is 9.97 Å². The van der Waals surface area contributed by atoms with Gasteiger partial charge in [-0.2, -0.15) is 8.78 Å². The molecule has 0 fully saturated rings. The molecule has 0 atom stereocenters. The first kappa shape index (κ1) is 13.4. The van der Waals surface area contributed by atoms with Crippen molar-refractivity contribution in [3.63, 3.8) is 0 Å². The smallest absolute Gasteiger partial charge is 0.213 e. The van der Waals surface area contributed by atoms with Gasteiger partial charge in [0.1, 0.15) is 8.30 Å². The van der Waals surface area contributed by atoms with Crippen LogP contribution >= 0.6 is 38.5 Å². The Morgan fingerprint density at radius 3 is 1.81 bits per heavy atom. The first-order chi connectivity index (χ1) is 7.58. The monoisotopic (exact) mass is 398 g/mol. The number of rotatable bonds is 0. The second-order valence-electron chi connectivity index (χ2n) is 2.57. The Labute approximate surface area is 113 Å². The highest BCUT2D eigenvalue weighted by atomic mass is 127. The molecule has 0 N–H and O–H groups in total. The number of nitrogens with zero attached hydrogens (tertiary/aromatic N) is 2. The molecular weight excluding hydrogens is 393 g/mol. The highest BCUT2D eigenvalue weighted by Gasteiger charge is 1.88. The third-order valence-corrected chi connectivity index (χ3v) is 2.40. The van der Waals surface area contributed by atoms with Crippen LogP contribution in [0.2, 0.25) is 0 Å². The molecule has 0 aromatic carbocycles. The van der Waals surface area contributed by atoms with Crippen LogP contribution in [0, 0.1) is 15.6 Å². The maximum Gasteiger partial charge on any atom is 0.213 e. The van der Waals surface area contributed by atoms with Crippen molar-refractivity contribution in [2.24, 2.45) is 0 Å². The van der Waals surface area contributed by atoms with Crippen molar-refractivity contribution in [2.75, 3.05) is 0 Å². The number of pyridine rings is 2. The molecular formula is C10H6BrF2IN2. The van der Waals surface area contributed by atoms with E-state index in [4.69, 9.17) is 0 Å². The van der Waals surface area contributed by atoms with Crippen molar-refractivity contribution < 1.29 is 8.78 Å². The molecule has 2 aromatic heterocycles. The van der Waals surface area contributed by atoms with Gasteiger partial charge in [0, 0.05) is 0 Å². The molecule has 2 heterocycles. The van der Waals surface area contributed by atoms with Gasteiger partial charge in [-0.1, -0.05) is 12.1 Å². The van der Waals surface area contributed by atoms with Crippen LogP contribution in [0.3, 0.4) is 0 Å². The van der Waals surface area contributed by atoms with E-state index in [1.165, 1.54) is 12.1 Å². The fourth-order valence-corrected chi connectivity index (χ4v) is 1.53. The van der Waals surface area contributed by atoms with Crippen LogP contribution in [0.5, 0.6) is 0 Å². The minimum atomic E-state index is -0.459. The summed E-state index contributed by atoms with van der Waals surface area (Å²) in [6.45, 7) is 0. The Kier molecular flexibility index (Phi) is 5.75. The van der Waals surface area contributed by atoms with E-state index in [9.17, 15) is 8.78 Å². The van der Waals surface area contributed by atoms with Crippen LogP contribution in [0.15, 0.2) is 41.0 Å². The van der Waals surface area contributed by atoms with Gasteiger partial charge in [0.05, 0.1) is 0 Å². The van der Waals surface area contributed by atoms with Crippen molar-refractivity contribution >= 4 is 38.5 Å². The zero-order valence-corrected chi connectivity index (χ0v) is 11.6. The Hall–Kier alpha value is -0.630. The third kappa shape index (κ3) is 5.45. The molecule has 0 aliphatic carbocycles. The van der Waals surface area contributed by atoms with Crippen LogP contribution in [-0.2, 0) is 0 Å². The summed E-state index contributed by atoms with van der Waals surface area (Å²) in [5.41, 5.74) is 0. The second-order valence-corrected chi connectivity index (χ2v) is 4.48. The molecule has 2 aromatic rings. The fourth-order valence-electron chi connectivity index (χ4n) is 0.767. The molecule has 0 saturated carbocycles. The van der Waals surface area contributed by atoms with E-state index in [1.807, 2.05) is 22.6 Å². The van der Waals surface area contributed by atoms with Crippen molar-refractivity contribution in [2.45, 2.75) is 0 Å². The van der Waals surface area contributed by atoms with Crippen molar-refractivity contribution in [3.8, 4) is 0 Å². The highest BCUT2D eigenvalue weighted by Crippen LogP contribution is 2.03. The quantitative estimate of drug-likeness (QED) is 0.498. The molecule has 0 aliphatic rings. The Morgan fingerprint density at radius 1 is 0.938 bits per heavy atom. The molecule has 0 saturated heterocycles. The van der Waals surface area contributed by atoms with Crippen LogP contribution in [0.4, 0.5) is 8.78 Å². The van der Waals surface area contributed by atoms with Crippen LogP contribution < -0.4 is 0 Å². The van der Waals surface area contributed by atoms with Crippen molar-refractivity contribution in [1.82, 2.24) is 9.97 Å². The largest absolute Gasteiger partial charge is 0.214 e. The molecule has 0 amide bonds. The Morgan fingerprint density at radius 2 is 1.50 bits per heavy atom. The summed E-state index contributed by atoms with van der Waals surface area (Å²) in [7, 11) is 0. The minimum absolute atomic E-state index is 0.420. The SMILES string of the molecule is Fc1cccc(Br)n1.Fc1cccc(I)n1. The summed E-state index contributed by atoms with van der Waals surface area (Å²) in [5, 5.41) is 0. The molecule has 0 bridgehead atoms. The Balaban J connectivity index is 0.000000160. The second kappa shape index (κ2) is 6.85. The predicted octanol–water partition coefficient (Wildman–Crippen LogP) is 3.81. The topological polar surface area (TPSA) is 25.8 Å². The average Bonchev–Trinajstić information content (AvgIpc) is 2.17. The van der Waals surface area contributed by atoms with Gasteiger partial charge in [-0.3, -0.25) is 0 Å². The van der Waals surface area contributed by atoms with E-state index >= 15 is 0 Å². The van der Waals surface area contributed by atoms with E-state index in [-0.39, 0.29) is 0 Å². The molecule has 84 valence electrons. The summed E-state index contributed by atoms with van der Waals surface area (Å²) >= 11 is 4.97. The highest BCUT2D eigenvalue weighted by molar-refractivity contribution is 14.1. The van der Waals surface area contributed by atoms with E-state index in [1.54, 1.807) is 24.3 Å². The maximum absolute atomic E-state index is 12.1. The lowest BCUT2D eigenvalue weighted by Gasteiger charge is -1.85. The van der Waals surface area contributed by atoms with Crippen molar-refractivity contribution in [3.05, 3.63) is 56.6 Å². The standard InChI is InChI=1S/C5H3BrFN.C5H3FIN/c2*6-4-2-1-3-5(7)8-4/h2*1-3H. The van der Waals surface area contributed by atoms with Gasteiger partial charge in [-0.05, 0) is 62.8 Å². The summed E-state index contributed by atoms with van der Waals surface area (Å²) in [5.74, 6) is -0.878. The van der Waals surface area contributed by atoms with Gasteiger partial charge in [0.15, 0.2) is 0 Å². The Bertz CT molecular complexity index is 390. The molecule has 16 heavy (non-hydrogen) atoms. The number of aromatic nitrogens is 2. The van der Waals surface area contributed by atoms with E-state index in [2.05, 4.69) is 25.9 Å². The molecule has 0 aliphatic heterocycles. The zero-order valence-electron chi connectivity index (χ0n) is 7.87. The van der Waals surface area contributed by atoms with E-state index in [0.29, 0.717) is 8.30 Å². The third-order valence-electron chi connectivity index (χ3n) is 1.36. The van der Waals surface area contributed by atoms with Crippen molar-refractivity contribution in [1.29, 1.82) is 0 Å². The van der Waals surface area contributed by atoms with Crippen LogP contribution in [0.25, 0.3) is 0 Å². The van der Waals surface area contributed by atoms with E-state index < -0.39 is 11.9 Å². The molecule has 2 nitrogen and oxygen atoms in total. The minimum Gasteiger partial charge on any atom is -0.214 e. The first-order valence-corrected chi connectivity index (χ1v) is 6.01. The lowest BCUT2D eigenvalue weighted by atomic mass is 10.5. The van der Waals surface area contributed by atoms with E-state index in [0.717, 1.165) is 0 Å². The molecule has 6 heteroatoms. The van der Waals surface area contributed by atoms with Gasteiger partial charge in [0.25, 0.3) is 0 Å². The molecule has 0 radical (unpaired) electrons. The number of halogens is 4. The van der Waals surface area contributed by atoms with Gasteiger partial charge >= 0.3 is 0 Å². The van der Waals surface area contributed by atoms with Gasteiger partial charge in [-0.15, -0.1) is 0 Å². The summed E-state index contributed by atoms with van der Waals surface area (Å²) in [6.07, 6.45) is 0. The first-order valence-electron chi connectivity index (χ1n) is 4.14. The summed E-state index contributed by atoms with van der Waals surface area (Å²) < 4.78 is 25.3. The van der Waals surface area contributed by atoms with Gasteiger partial charge in [0.2, 0.25) is 11.9 Å². The predicted molar refractivity (Wildman–Crippen MR) is 68.8 cm³/mol. The molecule has 0 unspecified atom stereocenters. The molecule has 2 rings (SSSR count). The average molecular weight is 399 g/mol. The number of hydrogen-bond acceptors (Lipinski definition) is 2. The maximum atomic E-state index is 12.1.